The minimum Gasteiger partial charge on any atom is -0.347 e. The normalized spacial score (nSPS) is 19.0. The second-order valence-electron chi connectivity index (χ2n) is 6.31. The molecule has 1 aliphatic heterocycles. The molecule has 0 radical (unpaired) electrons. The van der Waals surface area contributed by atoms with Gasteiger partial charge >= 0.3 is 6.18 Å². The number of carbonyl (C=O) groups excluding carboxylic acids is 2. The first-order valence-corrected chi connectivity index (χ1v) is 7.78. The van der Waals surface area contributed by atoms with E-state index in [4.69, 9.17) is 0 Å². The van der Waals surface area contributed by atoms with Crippen LogP contribution in [0, 0.1) is 6.92 Å². The molecule has 0 saturated carbocycles. The zero-order valence-electron chi connectivity index (χ0n) is 14.6. The first-order valence-electron chi connectivity index (χ1n) is 7.78. The zero-order chi connectivity index (χ0) is 18.9. The van der Waals surface area contributed by atoms with Gasteiger partial charge in [-0.2, -0.15) is 13.2 Å². The average molecular weight is 358 g/mol. The van der Waals surface area contributed by atoms with Gasteiger partial charge in [-0.25, -0.2) is 4.98 Å². The number of alkyl halides is 3. The van der Waals surface area contributed by atoms with Gasteiger partial charge in [0, 0.05) is 33.7 Å². The Balaban J connectivity index is 2.22. The van der Waals surface area contributed by atoms with Crippen molar-refractivity contribution in [3.05, 3.63) is 29.1 Å². The standard InChI is InChI=1S/C16H21F3N4O2/c1-10-11(5-6-13(20-10)16(17,18)19)14(24)23-8-7-22(4)12(9-23)15(25)21(2)3/h5-6,12H,7-9H2,1-4H3/t12-/m0/s1. The van der Waals surface area contributed by atoms with E-state index in [1.54, 1.807) is 21.1 Å². The summed E-state index contributed by atoms with van der Waals surface area (Å²) in [5.41, 5.74) is -0.886. The summed E-state index contributed by atoms with van der Waals surface area (Å²) in [7, 11) is 5.08. The van der Waals surface area contributed by atoms with E-state index in [0.29, 0.717) is 13.1 Å². The SMILES string of the molecule is Cc1nc(C(F)(F)F)ccc1C(=O)N1CCN(C)[C@H](C(=O)N(C)C)C1. The van der Waals surface area contributed by atoms with Gasteiger partial charge in [0.15, 0.2) is 0 Å². The molecule has 1 fully saturated rings. The molecule has 1 aromatic rings. The number of aromatic nitrogens is 1. The Labute approximate surface area is 144 Å². The summed E-state index contributed by atoms with van der Waals surface area (Å²) < 4.78 is 38.1. The van der Waals surface area contributed by atoms with Crippen LogP contribution in [0.4, 0.5) is 13.2 Å². The van der Waals surface area contributed by atoms with Crippen molar-refractivity contribution in [3.63, 3.8) is 0 Å². The lowest BCUT2D eigenvalue weighted by Crippen LogP contribution is -2.58. The number of amides is 2. The molecule has 6 nitrogen and oxygen atoms in total. The maximum Gasteiger partial charge on any atom is 0.433 e. The van der Waals surface area contributed by atoms with E-state index < -0.39 is 23.8 Å². The third-order valence-corrected chi connectivity index (χ3v) is 4.27. The largest absolute Gasteiger partial charge is 0.433 e. The lowest BCUT2D eigenvalue weighted by molar-refractivity contribution is -0.141. The van der Waals surface area contributed by atoms with E-state index in [-0.39, 0.29) is 23.7 Å². The first-order chi connectivity index (χ1) is 11.5. The molecule has 2 heterocycles. The summed E-state index contributed by atoms with van der Waals surface area (Å²) in [5.74, 6) is -0.536. The van der Waals surface area contributed by atoms with E-state index in [9.17, 15) is 22.8 Å². The van der Waals surface area contributed by atoms with Gasteiger partial charge in [-0.3, -0.25) is 14.5 Å². The lowest BCUT2D eigenvalue weighted by atomic mass is 10.1. The molecule has 25 heavy (non-hydrogen) atoms. The fraction of sp³-hybridized carbons (Fsp3) is 0.562. The Bertz CT molecular complexity index is 676. The van der Waals surface area contributed by atoms with Gasteiger partial charge in [-0.15, -0.1) is 0 Å². The predicted octanol–water partition coefficient (Wildman–Crippen LogP) is 1.25. The number of hydrogen-bond acceptors (Lipinski definition) is 4. The number of pyridine rings is 1. The highest BCUT2D eigenvalue weighted by Gasteiger charge is 2.35. The summed E-state index contributed by atoms with van der Waals surface area (Å²) in [6.45, 7) is 2.46. The second-order valence-corrected chi connectivity index (χ2v) is 6.31. The lowest BCUT2D eigenvalue weighted by Gasteiger charge is -2.39. The van der Waals surface area contributed by atoms with E-state index in [1.165, 1.54) is 16.7 Å². The number of hydrogen-bond donors (Lipinski definition) is 0. The predicted molar refractivity (Wildman–Crippen MR) is 85.0 cm³/mol. The Morgan fingerprint density at radius 2 is 1.88 bits per heavy atom. The molecule has 2 rings (SSSR count). The van der Waals surface area contributed by atoms with Crippen LogP contribution in [0.25, 0.3) is 0 Å². The maximum absolute atomic E-state index is 12.7. The third-order valence-electron chi connectivity index (χ3n) is 4.27. The Kier molecular flexibility index (Phi) is 5.36. The van der Waals surface area contributed by atoms with Crippen LogP contribution in [0.5, 0.6) is 0 Å². The van der Waals surface area contributed by atoms with Gasteiger partial charge in [0.1, 0.15) is 11.7 Å². The average Bonchev–Trinajstić information content (AvgIpc) is 2.53. The minimum atomic E-state index is -4.55. The van der Waals surface area contributed by atoms with E-state index in [1.807, 2.05) is 4.90 Å². The molecular formula is C16H21F3N4O2. The fourth-order valence-electron chi connectivity index (χ4n) is 2.74. The Hall–Kier alpha value is -2.16. The van der Waals surface area contributed by atoms with Crippen molar-refractivity contribution in [2.45, 2.75) is 19.1 Å². The monoisotopic (exact) mass is 358 g/mol. The van der Waals surface area contributed by atoms with Gasteiger partial charge in [0.2, 0.25) is 5.91 Å². The first kappa shape index (κ1) is 19.2. The van der Waals surface area contributed by atoms with E-state index in [0.717, 1.165) is 12.1 Å². The van der Waals surface area contributed by atoms with E-state index in [2.05, 4.69) is 4.98 Å². The topological polar surface area (TPSA) is 56.8 Å². The number of piperazine rings is 1. The molecule has 1 saturated heterocycles. The molecular weight excluding hydrogens is 337 g/mol. The summed E-state index contributed by atoms with van der Waals surface area (Å²) in [4.78, 5) is 33.2. The van der Waals surface area contributed by atoms with Crippen LogP contribution in [-0.2, 0) is 11.0 Å². The van der Waals surface area contributed by atoms with Gasteiger partial charge < -0.3 is 9.80 Å². The van der Waals surface area contributed by atoms with Crippen molar-refractivity contribution in [2.75, 3.05) is 40.8 Å². The summed E-state index contributed by atoms with van der Waals surface area (Å²) in [6, 6.07) is 1.48. The third kappa shape index (κ3) is 4.09. The van der Waals surface area contributed by atoms with Crippen molar-refractivity contribution >= 4 is 11.8 Å². The van der Waals surface area contributed by atoms with Crippen LogP contribution in [0.2, 0.25) is 0 Å². The van der Waals surface area contributed by atoms with Crippen LogP contribution < -0.4 is 0 Å². The quantitative estimate of drug-likeness (QED) is 0.799. The van der Waals surface area contributed by atoms with Crippen molar-refractivity contribution < 1.29 is 22.8 Å². The molecule has 138 valence electrons. The molecule has 0 unspecified atom stereocenters. The molecule has 2 amide bonds. The molecule has 0 aliphatic carbocycles. The smallest absolute Gasteiger partial charge is 0.347 e. The minimum absolute atomic E-state index is 0.0224. The highest BCUT2D eigenvalue weighted by atomic mass is 19.4. The van der Waals surface area contributed by atoms with Crippen molar-refractivity contribution in [1.82, 2.24) is 19.7 Å². The number of rotatable bonds is 2. The molecule has 0 aromatic carbocycles. The molecule has 1 aliphatic rings. The van der Waals surface area contributed by atoms with Gasteiger partial charge in [0.05, 0.1) is 11.3 Å². The number of halogens is 3. The molecule has 1 aromatic heterocycles. The van der Waals surface area contributed by atoms with Crippen molar-refractivity contribution in [2.24, 2.45) is 0 Å². The van der Waals surface area contributed by atoms with Crippen LogP contribution in [0.1, 0.15) is 21.7 Å². The van der Waals surface area contributed by atoms with Crippen LogP contribution in [0.15, 0.2) is 12.1 Å². The van der Waals surface area contributed by atoms with E-state index >= 15 is 0 Å². The number of carbonyl (C=O) groups is 2. The molecule has 0 spiro atoms. The number of likely N-dealkylation sites (N-methyl/N-ethyl adjacent to an activating group) is 2. The second kappa shape index (κ2) is 6.99. The Morgan fingerprint density at radius 3 is 2.40 bits per heavy atom. The highest BCUT2D eigenvalue weighted by molar-refractivity contribution is 5.96. The van der Waals surface area contributed by atoms with Crippen molar-refractivity contribution in [1.29, 1.82) is 0 Å². The zero-order valence-corrected chi connectivity index (χ0v) is 14.6. The van der Waals surface area contributed by atoms with Crippen LogP contribution in [-0.4, -0.2) is 78.3 Å². The highest BCUT2D eigenvalue weighted by Crippen LogP contribution is 2.28. The molecule has 1 atom stereocenters. The Morgan fingerprint density at radius 1 is 1.24 bits per heavy atom. The molecule has 0 N–H and O–H groups in total. The summed E-state index contributed by atoms with van der Waals surface area (Å²) >= 11 is 0. The van der Waals surface area contributed by atoms with Gasteiger partial charge in [0.25, 0.3) is 5.91 Å². The number of aryl methyl sites for hydroxylation is 1. The van der Waals surface area contributed by atoms with Gasteiger partial charge in [-0.05, 0) is 26.1 Å². The van der Waals surface area contributed by atoms with Gasteiger partial charge in [-0.1, -0.05) is 0 Å². The summed E-state index contributed by atoms with van der Waals surface area (Å²) in [5, 5.41) is 0. The van der Waals surface area contributed by atoms with Crippen molar-refractivity contribution in [3.8, 4) is 0 Å². The fourth-order valence-corrected chi connectivity index (χ4v) is 2.74. The molecule has 0 bridgehead atoms. The summed E-state index contributed by atoms with van der Waals surface area (Å²) in [6.07, 6.45) is -4.55. The van der Waals surface area contributed by atoms with Crippen LogP contribution in [0.3, 0.4) is 0 Å². The number of nitrogens with zero attached hydrogens (tertiary/aromatic N) is 4. The maximum atomic E-state index is 12.7. The van der Waals surface area contributed by atoms with Crippen LogP contribution >= 0.6 is 0 Å². The molecule has 9 heteroatoms.